The summed E-state index contributed by atoms with van der Waals surface area (Å²) >= 11 is 5.52. The van der Waals surface area contributed by atoms with Gasteiger partial charge in [-0.05, 0) is 36.9 Å². The number of piperazine rings is 1. The number of halogens is 1. The first-order chi connectivity index (χ1) is 16.2. The van der Waals surface area contributed by atoms with Crippen molar-refractivity contribution in [2.45, 2.75) is 12.6 Å². The highest BCUT2D eigenvalue weighted by atomic mass is 35.5. The summed E-state index contributed by atoms with van der Waals surface area (Å²) in [5, 5.41) is 12.7. The lowest BCUT2D eigenvalue weighted by Crippen LogP contribution is -2.43. The van der Waals surface area contributed by atoms with Gasteiger partial charge in [0, 0.05) is 45.1 Å². The van der Waals surface area contributed by atoms with Crippen LogP contribution in [0, 0.1) is 0 Å². The van der Waals surface area contributed by atoms with Crippen molar-refractivity contribution >= 4 is 17.3 Å². The number of alkyl halides is 1. The smallest absolute Gasteiger partial charge is 0.150 e. The molecule has 1 unspecified atom stereocenters. The first-order valence-corrected chi connectivity index (χ1v) is 11.9. The van der Waals surface area contributed by atoms with Crippen LogP contribution in [0.3, 0.4) is 0 Å². The van der Waals surface area contributed by atoms with Crippen LogP contribution in [0.2, 0.25) is 0 Å². The molecule has 1 fully saturated rings. The molecular weight excluding hydrogens is 434 g/mol. The summed E-state index contributed by atoms with van der Waals surface area (Å²) in [5.41, 5.74) is 2.42. The second-order valence-corrected chi connectivity index (χ2v) is 8.42. The van der Waals surface area contributed by atoms with Crippen molar-refractivity contribution in [3.63, 3.8) is 0 Å². The topological polar surface area (TPSA) is 48.0 Å². The largest absolute Gasteiger partial charge is 0.455 e. The van der Waals surface area contributed by atoms with E-state index < -0.39 is 6.10 Å². The molecule has 176 valence electrons. The summed E-state index contributed by atoms with van der Waals surface area (Å²) in [7, 11) is 1.97. The molecule has 4 rings (SSSR count). The third-order valence-corrected chi connectivity index (χ3v) is 5.65. The minimum absolute atomic E-state index is 0.291. The van der Waals surface area contributed by atoms with Crippen LogP contribution in [0.25, 0.3) is 0 Å². The van der Waals surface area contributed by atoms with Crippen LogP contribution >= 0.6 is 11.6 Å². The molecule has 1 heterocycles. The van der Waals surface area contributed by atoms with Gasteiger partial charge in [0.05, 0.1) is 11.8 Å². The van der Waals surface area contributed by atoms with Gasteiger partial charge in [-0.3, -0.25) is 4.90 Å². The van der Waals surface area contributed by atoms with Gasteiger partial charge < -0.3 is 20.1 Å². The minimum Gasteiger partial charge on any atom is -0.455 e. The quantitative estimate of drug-likeness (QED) is 0.474. The van der Waals surface area contributed by atoms with E-state index in [1.54, 1.807) is 0 Å². The molecule has 5 nitrogen and oxygen atoms in total. The molecule has 3 aromatic rings. The molecule has 2 N–H and O–H groups in total. The van der Waals surface area contributed by atoms with Gasteiger partial charge in [0.15, 0.2) is 5.75 Å². The number of ether oxygens (including phenoxy) is 1. The predicted molar refractivity (Wildman–Crippen MR) is 138 cm³/mol. The molecule has 1 aliphatic heterocycles. The molecule has 0 spiro atoms. The van der Waals surface area contributed by atoms with Gasteiger partial charge >= 0.3 is 0 Å². The number of likely N-dealkylation sites (N-methyl/N-ethyl adjacent to an activating group) is 1. The zero-order chi connectivity index (χ0) is 23.3. The maximum atomic E-state index is 9.33. The molecule has 0 aliphatic carbocycles. The fourth-order valence-electron chi connectivity index (χ4n) is 3.69. The standard InChI is InChI=1S/C16H18N2O.C11H16ClNO/c1-2-6-14(7-3-1)19-16-9-5-4-8-15(16)18-12-10-17-11-13-18;1-13(9-11(14)7-12)8-10-5-3-2-4-6-10/h1-9,17H,10-13H2;2-6,11,14H,7-9H2,1H3. The van der Waals surface area contributed by atoms with Gasteiger partial charge in [-0.1, -0.05) is 60.7 Å². The van der Waals surface area contributed by atoms with E-state index in [2.05, 4.69) is 39.4 Å². The zero-order valence-corrected chi connectivity index (χ0v) is 20.0. The summed E-state index contributed by atoms with van der Waals surface area (Å²) < 4.78 is 6.00. The molecule has 0 aromatic heterocycles. The second kappa shape index (κ2) is 13.9. The molecule has 0 saturated carbocycles. The number of hydrogen-bond donors (Lipinski definition) is 2. The van der Waals surface area contributed by atoms with Crippen LogP contribution in [0.4, 0.5) is 5.69 Å². The Bertz CT molecular complexity index is 921. The summed E-state index contributed by atoms with van der Waals surface area (Å²) in [5.74, 6) is 2.10. The molecule has 0 radical (unpaired) electrons. The van der Waals surface area contributed by atoms with Crippen molar-refractivity contribution in [1.29, 1.82) is 0 Å². The maximum absolute atomic E-state index is 9.33. The third-order valence-electron chi connectivity index (χ3n) is 5.29. The van der Waals surface area contributed by atoms with E-state index in [4.69, 9.17) is 16.3 Å². The molecule has 33 heavy (non-hydrogen) atoms. The Kier molecular flexibility index (Phi) is 10.5. The van der Waals surface area contributed by atoms with E-state index in [1.807, 2.05) is 67.7 Å². The van der Waals surface area contributed by atoms with Crippen molar-refractivity contribution < 1.29 is 9.84 Å². The first kappa shape index (κ1) is 25.1. The van der Waals surface area contributed by atoms with Crippen molar-refractivity contribution in [2.24, 2.45) is 0 Å². The predicted octanol–water partition coefficient (Wildman–Crippen LogP) is 4.61. The van der Waals surface area contributed by atoms with Gasteiger partial charge in [0.25, 0.3) is 0 Å². The SMILES string of the molecule is CN(Cc1ccccc1)CC(O)CCl.c1ccc(Oc2ccccc2N2CCNCC2)cc1. The molecule has 1 saturated heterocycles. The highest BCUT2D eigenvalue weighted by Crippen LogP contribution is 2.32. The Hall–Kier alpha value is -2.57. The monoisotopic (exact) mass is 467 g/mol. The van der Waals surface area contributed by atoms with Crippen molar-refractivity contribution in [1.82, 2.24) is 10.2 Å². The number of nitrogens with zero attached hydrogens (tertiary/aromatic N) is 2. The van der Waals surface area contributed by atoms with E-state index in [0.29, 0.717) is 12.4 Å². The van der Waals surface area contributed by atoms with Crippen LogP contribution in [0.5, 0.6) is 11.5 Å². The van der Waals surface area contributed by atoms with Gasteiger partial charge in [-0.15, -0.1) is 11.6 Å². The molecule has 1 atom stereocenters. The highest BCUT2D eigenvalue weighted by Gasteiger charge is 2.14. The molecule has 0 amide bonds. The zero-order valence-electron chi connectivity index (χ0n) is 19.2. The number of para-hydroxylation sites is 3. The van der Waals surface area contributed by atoms with Gasteiger partial charge in [-0.25, -0.2) is 0 Å². The van der Waals surface area contributed by atoms with E-state index in [9.17, 15) is 5.11 Å². The van der Waals surface area contributed by atoms with E-state index in [-0.39, 0.29) is 0 Å². The van der Waals surface area contributed by atoms with Gasteiger partial charge in [0.2, 0.25) is 0 Å². The number of nitrogens with one attached hydrogen (secondary N) is 1. The molecule has 0 bridgehead atoms. The van der Waals surface area contributed by atoms with Gasteiger partial charge in [-0.2, -0.15) is 0 Å². The fourth-order valence-corrected chi connectivity index (χ4v) is 3.79. The fraction of sp³-hybridized carbons (Fsp3) is 0.333. The number of rotatable bonds is 8. The molecule has 6 heteroatoms. The lowest BCUT2D eigenvalue weighted by molar-refractivity contribution is 0.141. The third kappa shape index (κ3) is 8.71. The number of hydrogen-bond acceptors (Lipinski definition) is 5. The number of aliphatic hydroxyl groups is 1. The number of benzene rings is 3. The summed E-state index contributed by atoms with van der Waals surface area (Å²) in [4.78, 5) is 4.43. The Balaban J connectivity index is 0.000000196. The normalized spacial score (nSPS) is 14.4. The Labute approximate surface area is 202 Å². The van der Waals surface area contributed by atoms with Gasteiger partial charge in [0.1, 0.15) is 5.75 Å². The lowest BCUT2D eigenvalue weighted by atomic mass is 10.2. The van der Waals surface area contributed by atoms with Crippen LogP contribution in [0.1, 0.15) is 5.56 Å². The van der Waals surface area contributed by atoms with E-state index in [1.165, 1.54) is 11.3 Å². The summed E-state index contributed by atoms with van der Waals surface area (Å²) in [6, 6.07) is 28.4. The van der Waals surface area contributed by atoms with Crippen LogP contribution in [-0.4, -0.2) is 61.8 Å². The average molecular weight is 468 g/mol. The Morgan fingerprint density at radius 3 is 2.21 bits per heavy atom. The summed E-state index contributed by atoms with van der Waals surface area (Å²) in [6.07, 6.45) is -0.439. The molecule has 3 aromatic carbocycles. The second-order valence-electron chi connectivity index (χ2n) is 8.11. The van der Waals surface area contributed by atoms with E-state index >= 15 is 0 Å². The summed E-state index contributed by atoms with van der Waals surface area (Å²) in [6.45, 7) is 5.55. The molecular formula is C27H34ClN3O2. The van der Waals surface area contributed by atoms with Crippen LogP contribution in [0.15, 0.2) is 84.9 Å². The first-order valence-electron chi connectivity index (χ1n) is 11.4. The highest BCUT2D eigenvalue weighted by molar-refractivity contribution is 6.18. The van der Waals surface area contributed by atoms with Crippen LogP contribution in [-0.2, 0) is 6.54 Å². The number of anilines is 1. The minimum atomic E-state index is -0.439. The Morgan fingerprint density at radius 1 is 0.939 bits per heavy atom. The van der Waals surface area contributed by atoms with Crippen molar-refractivity contribution in [2.75, 3.05) is 50.6 Å². The Morgan fingerprint density at radius 2 is 1.55 bits per heavy atom. The average Bonchev–Trinajstić information content (AvgIpc) is 2.86. The van der Waals surface area contributed by atoms with Crippen molar-refractivity contribution in [3.8, 4) is 11.5 Å². The van der Waals surface area contributed by atoms with E-state index in [0.717, 1.165) is 44.2 Å². The van der Waals surface area contributed by atoms with Crippen molar-refractivity contribution in [3.05, 3.63) is 90.5 Å². The number of aliphatic hydroxyl groups excluding tert-OH is 1. The lowest BCUT2D eigenvalue weighted by Gasteiger charge is -2.30. The molecule has 1 aliphatic rings. The maximum Gasteiger partial charge on any atom is 0.150 e. The van der Waals surface area contributed by atoms with Crippen LogP contribution < -0.4 is 15.0 Å².